The molecule has 326 valence electrons. The maximum atomic E-state index is 13.9. The first-order valence-electron chi connectivity index (χ1n) is 20.2. The van der Waals surface area contributed by atoms with Crippen molar-refractivity contribution in [2.24, 2.45) is 0 Å². The monoisotopic (exact) mass is 834 g/mol. The number of carbonyl (C=O) groups is 6. The average molecular weight is 835 g/mol. The van der Waals surface area contributed by atoms with E-state index in [9.17, 15) is 28.8 Å². The van der Waals surface area contributed by atoms with Crippen LogP contribution >= 0.6 is 0 Å². The lowest BCUT2D eigenvalue weighted by atomic mass is 10.1. The highest BCUT2D eigenvalue weighted by Crippen LogP contribution is 2.31. The average Bonchev–Trinajstić information content (AvgIpc) is 3.27. The molecule has 0 bridgehead atoms. The number of benzene rings is 3. The minimum Gasteiger partial charge on any atom is -0.495 e. The van der Waals surface area contributed by atoms with E-state index in [1.54, 1.807) is 0 Å². The molecule has 0 fully saturated rings. The number of esters is 2. The van der Waals surface area contributed by atoms with Gasteiger partial charge < -0.3 is 28.4 Å². The van der Waals surface area contributed by atoms with E-state index in [0.29, 0.717) is 12.8 Å². The number of hydrogen-bond donors (Lipinski definition) is 4. The van der Waals surface area contributed by atoms with E-state index >= 15 is 0 Å². The van der Waals surface area contributed by atoms with E-state index in [1.165, 1.54) is 77.0 Å². The summed E-state index contributed by atoms with van der Waals surface area (Å²) in [6.07, 6.45) is 11.9. The number of methoxy groups -OCH3 is 4. The molecule has 4 N–H and O–H groups in total. The van der Waals surface area contributed by atoms with Gasteiger partial charge in [-0.15, -0.1) is 0 Å². The summed E-state index contributed by atoms with van der Waals surface area (Å²) in [4.78, 5) is 79.0. The van der Waals surface area contributed by atoms with Crippen LogP contribution in [0.2, 0.25) is 0 Å². The van der Waals surface area contributed by atoms with Crippen LogP contribution in [0.25, 0.3) is 0 Å². The van der Waals surface area contributed by atoms with Crippen molar-refractivity contribution in [3.05, 3.63) is 81.9 Å². The Hall–Kier alpha value is -6.32. The number of hydrogen-bond acceptors (Lipinski definition) is 12. The Morgan fingerprint density at radius 2 is 0.767 bits per heavy atom. The first-order valence-corrected chi connectivity index (χ1v) is 20.2. The van der Waals surface area contributed by atoms with Crippen LogP contribution in [0.15, 0.2) is 48.5 Å². The third-order valence-corrected chi connectivity index (χ3v) is 9.40. The molecule has 0 aliphatic heterocycles. The van der Waals surface area contributed by atoms with E-state index in [0.717, 1.165) is 64.2 Å². The fourth-order valence-electron chi connectivity index (χ4n) is 6.19. The van der Waals surface area contributed by atoms with Gasteiger partial charge in [-0.05, 0) is 43.2 Å². The molecule has 0 aromatic heterocycles. The van der Waals surface area contributed by atoms with E-state index in [2.05, 4.69) is 35.6 Å². The highest BCUT2D eigenvalue weighted by atomic mass is 16.5. The van der Waals surface area contributed by atoms with Gasteiger partial charge >= 0.3 is 11.9 Å². The summed E-state index contributed by atoms with van der Waals surface area (Å²) >= 11 is 0. The van der Waals surface area contributed by atoms with Gasteiger partial charge in [-0.1, -0.05) is 90.2 Å². The number of amides is 4. The molecule has 0 aliphatic rings. The predicted octanol–water partition coefficient (Wildman–Crippen LogP) is 6.91. The van der Waals surface area contributed by atoms with Crippen LogP contribution in [0.4, 0.5) is 0 Å². The van der Waals surface area contributed by atoms with Crippen LogP contribution in [0.5, 0.6) is 23.0 Å². The lowest BCUT2D eigenvalue weighted by molar-refractivity contribution is 0.0587. The fraction of sp³-hybridized carbons (Fsp3) is 0.455. The van der Waals surface area contributed by atoms with E-state index in [1.807, 2.05) is 0 Å². The number of hydrazine groups is 2. The largest absolute Gasteiger partial charge is 0.495 e. The minimum absolute atomic E-state index is 0.00161. The van der Waals surface area contributed by atoms with Crippen molar-refractivity contribution < 1.29 is 57.2 Å². The van der Waals surface area contributed by atoms with Crippen LogP contribution in [-0.2, 0) is 9.47 Å². The summed E-state index contributed by atoms with van der Waals surface area (Å²) < 4.78 is 32.5. The summed E-state index contributed by atoms with van der Waals surface area (Å²) in [5, 5.41) is 0. The topological polar surface area (TPSA) is 206 Å². The normalized spacial score (nSPS) is 10.5. The van der Waals surface area contributed by atoms with Crippen LogP contribution < -0.4 is 40.7 Å². The van der Waals surface area contributed by atoms with E-state index < -0.39 is 35.6 Å². The third-order valence-electron chi connectivity index (χ3n) is 9.40. The molecule has 0 spiro atoms. The van der Waals surface area contributed by atoms with Crippen molar-refractivity contribution in [3.63, 3.8) is 0 Å². The fourth-order valence-corrected chi connectivity index (χ4v) is 6.19. The van der Waals surface area contributed by atoms with Gasteiger partial charge in [0.25, 0.3) is 23.6 Å². The van der Waals surface area contributed by atoms with Gasteiger partial charge in [0.2, 0.25) is 0 Å². The highest BCUT2D eigenvalue weighted by Gasteiger charge is 2.26. The quantitative estimate of drug-likeness (QED) is 0.0413. The third kappa shape index (κ3) is 13.9. The first-order chi connectivity index (χ1) is 29.1. The number of rotatable bonds is 24. The molecular formula is C44H58N4O12. The van der Waals surface area contributed by atoms with Gasteiger partial charge in [-0.25, -0.2) is 9.59 Å². The Bertz CT molecular complexity index is 1800. The van der Waals surface area contributed by atoms with Crippen molar-refractivity contribution in [2.75, 3.05) is 41.7 Å². The maximum absolute atomic E-state index is 13.9. The molecule has 3 aromatic rings. The van der Waals surface area contributed by atoms with Crippen LogP contribution in [0, 0.1) is 0 Å². The van der Waals surface area contributed by atoms with Gasteiger partial charge in [-0.3, -0.25) is 40.9 Å². The molecule has 16 heteroatoms. The van der Waals surface area contributed by atoms with Crippen molar-refractivity contribution in [1.82, 2.24) is 21.7 Å². The summed E-state index contributed by atoms with van der Waals surface area (Å²) in [5.74, 6) is -4.75. The molecule has 60 heavy (non-hydrogen) atoms. The molecule has 0 saturated heterocycles. The SMILES string of the molecule is CCCCCCCCOc1cc(OCCCCCCCC)c(C(=O)NNC(=O)c2cccc(C(=O)OC)c2OC)cc1C(=O)NNC(=O)c1cccc(C(=O)OC)c1OC. The molecule has 0 heterocycles. The molecule has 0 unspecified atom stereocenters. The number of nitrogens with one attached hydrogen (secondary N) is 4. The second-order valence-electron chi connectivity index (χ2n) is 13.6. The molecule has 3 aromatic carbocycles. The number of para-hydroxylation sites is 2. The van der Waals surface area contributed by atoms with E-state index in [4.69, 9.17) is 28.4 Å². The summed E-state index contributed by atoms with van der Waals surface area (Å²) in [7, 11) is 4.95. The van der Waals surface area contributed by atoms with Gasteiger partial charge in [0.05, 0.1) is 63.9 Å². The molecular weight excluding hydrogens is 776 g/mol. The zero-order chi connectivity index (χ0) is 43.9. The predicted molar refractivity (Wildman–Crippen MR) is 223 cm³/mol. The van der Waals surface area contributed by atoms with Gasteiger partial charge in [0.15, 0.2) is 0 Å². The van der Waals surface area contributed by atoms with Crippen molar-refractivity contribution in [1.29, 1.82) is 0 Å². The number of ether oxygens (including phenoxy) is 6. The minimum atomic E-state index is -0.852. The molecule has 3 rings (SSSR count). The molecule has 4 amide bonds. The molecule has 0 atom stereocenters. The molecule has 0 radical (unpaired) electrons. The molecule has 0 saturated carbocycles. The first kappa shape index (κ1) is 48.1. The lowest BCUT2D eigenvalue weighted by Gasteiger charge is -2.18. The number of unbranched alkanes of at least 4 members (excludes halogenated alkanes) is 10. The summed E-state index contributed by atoms with van der Waals surface area (Å²) in [6.45, 7) is 4.78. The summed E-state index contributed by atoms with van der Waals surface area (Å²) in [6, 6.07) is 11.2. The molecule has 0 aliphatic carbocycles. The lowest BCUT2D eigenvalue weighted by Crippen LogP contribution is -2.43. The molecule has 16 nitrogen and oxygen atoms in total. The van der Waals surface area contributed by atoms with Gasteiger partial charge in [0.1, 0.15) is 34.1 Å². The Kier molecular flexibility index (Phi) is 20.8. The number of carbonyl (C=O) groups excluding carboxylic acids is 6. The Balaban J connectivity index is 1.97. The van der Waals surface area contributed by atoms with Crippen LogP contribution in [0.3, 0.4) is 0 Å². The second kappa shape index (κ2) is 25.9. The Morgan fingerprint density at radius 3 is 1.12 bits per heavy atom. The van der Waals surface area contributed by atoms with Crippen LogP contribution in [0.1, 0.15) is 153 Å². The van der Waals surface area contributed by atoms with Gasteiger partial charge in [-0.2, -0.15) is 0 Å². The van der Waals surface area contributed by atoms with Gasteiger partial charge in [0, 0.05) is 6.07 Å². The second-order valence-corrected chi connectivity index (χ2v) is 13.6. The maximum Gasteiger partial charge on any atom is 0.341 e. The Morgan fingerprint density at radius 1 is 0.433 bits per heavy atom. The standard InChI is InChI=1S/C44H58N4O12/c1-7-9-11-13-15-17-25-59-35-28-36(60-26-18-16-14-12-10-8-2)34(42(52)48-46-40(50)30-22-20-24-32(38(30)56-4)44(54)58-6)27-33(35)41(51)47-45-39(49)29-21-19-23-31(37(29)55-3)43(53)57-5/h19-24,27-28H,7-18,25-26H2,1-6H3,(H,45,49)(H,46,50)(H,47,51)(H,48,52). The smallest absolute Gasteiger partial charge is 0.341 e. The zero-order valence-corrected chi connectivity index (χ0v) is 35.4. The Labute approximate surface area is 351 Å². The van der Waals surface area contributed by atoms with Crippen LogP contribution in [-0.4, -0.2) is 77.2 Å². The van der Waals surface area contributed by atoms with Crippen molar-refractivity contribution in [2.45, 2.75) is 90.9 Å². The highest BCUT2D eigenvalue weighted by molar-refractivity contribution is 6.07. The zero-order valence-electron chi connectivity index (χ0n) is 35.4. The van der Waals surface area contributed by atoms with E-state index in [-0.39, 0.29) is 69.6 Å². The van der Waals surface area contributed by atoms with Crippen molar-refractivity contribution >= 4 is 35.6 Å². The van der Waals surface area contributed by atoms with Crippen molar-refractivity contribution in [3.8, 4) is 23.0 Å². The summed E-state index contributed by atoms with van der Waals surface area (Å²) in [5.41, 5.74) is 8.98.